The first kappa shape index (κ1) is 13.4. The van der Waals surface area contributed by atoms with E-state index in [1.807, 2.05) is 30.5 Å². The van der Waals surface area contributed by atoms with E-state index in [0.717, 1.165) is 23.5 Å². The quantitative estimate of drug-likeness (QED) is 0.815. The molecule has 0 aliphatic carbocycles. The molecule has 1 heterocycles. The van der Waals surface area contributed by atoms with E-state index in [9.17, 15) is 4.79 Å². The maximum atomic E-state index is 12.1. The molecule has 4 nitrogen and oxygen atoms in total. The number of amides is 1. The van der Waals surface area contributed by atoms with Crippen molar-refractivity contribution in [2.75, 3.05) is 25.2 Å². The zero-order chi connectivity index (χ0) is 13.0. The highest BCUT2D eigenvalue weighted by atomic mass is 32.2. The number of carbonyl (C=O) groups excluding carboxylic acids is 1. The van der Waals surface area contributed by atoms with Crippen LogP contribution < -0.4 is 10.6 Å². The second-order valence-electron chi connectivity index (χ2n) is 4.24. The molecule has 2 unspecified atom stereocenters. The first-order valence-corrected chi connectivity index (χ1v) is 7.17. The Labute approximate surface area is 111 Å². The molecular weight excluding hydrogens is 248 g/mol. The highest BCUT2D eigenvalue weighted by Gasteiger charge is 2.29. The zero-order valence-corrected chi connectivity index (χ0v) is 11.4. The van der Waals surface area contributed by atoms with Gasteiger partial charge in [0.2, 0.25) is 5.91 Å². The fourth-order valence-corrected chi connectivity index (χ4v) is 2.60. The number of para-hydroxylation sites is 1. The van der Waals surface area contributed by atoms with Crippen molar-refractivity contribution >= 4 is 23.4 Å². The lowest BCUT2D eigenvalue weighted by atomic mass is 10.2. The fourth-order valence-electron chi connectivity index (χ4n) is 2.05. The topological polar surface area (TPSA) is 50.4 Å². The summed E-state index contributed by atoms with van der Waals surface area (Å²) in [5.41, 5.74) is 0.873. The summed E-state index contributed by atoms with van der Waals surface area (Å²) in [6.45, 7) is 0.735. The molecule has 2 N–H and O–H groups in total. The zero-order valence-electron chi connectivity index (χ0n) is 10.6. The monoisotopic (exact) mass is 266 g/mol. The molecule has 1 aromatic rings. The number of rotatable bonds is 4. The summed E-state index contributed by atoms with van der Waals surface area (Å²) in [6, 6.07) is 7.66. The predicted molar refractivity (Wildman–Crippen MR) is 74.1 cm³/mol. The molecular formula is C13H18N2O2S. The average molecular weight is 266 g/mol. The molecule has 5 heteroatoms. The number of methoxy groups -OCH3 is 1. The van der Waals surface area contributed by atoms with Crippen LogP contribution in [-0.4, -0.2) is 38.0 Å². The van der Waals surface area contributed by atoms with E-state index >= 15 is 0 Å². The lowest BCUT2D eigenvalue weighted by Gasteiger charge is -2.13. The Kier molecular flexibility index (Phi) is 4.63. The van der Waals surface area contributed by atoms with Crippen LogP contribution in [0.5, 0.6) is 0 Å². The molecule has 1 fully saturated rings. The summed E-state index contributed by atoms with van der Waals surface area (Å²) in [4.78, 5) is 13.2. The smallest absolute Gasteiger partial charge is 0.241 e. The Morgan fingerprint density at radius 3 is 2.94 bits per heavy atom. The third-order valence-electron chi connectivity index (χ3n) is 3.11. The molecule has 2 rings (SSSR count). The molecule has 0 radical (unpaired) electrons. The van der Waals surface area contributed by atoms with Crippen molar-refractivity contribution in [2.45, 2.75) is 23.5 Å². The summed E-state index contributed by atoms with van der Waals surface area (Å²) in [5.74, 6) is 0.0102. The van der Waals surface area contributed by atoms with Gasteiger partial charge in [-0.3, -0.25) is 4.79 Å². The van der Waals surface area contributed by atoms with Gasteiger partial charge in [-0.05, 0) is 24.8 Å². The van der Waals surface area contributed by atoms with Crippen molar-refractivity contribution in [3.8, 4) is 0 Å². The predicted octanol–water partition coefficient (Wildman–Crippen LogP) is 1.72. The van der Waals surface area contributed by atoms with Gasteiger partial charge in [0.25, 0.3) is 0 Å². The largest absolute Gasteiger partial charge is 0.380 e. The Morgan fingerprint density at radius 2 is 2.28 bits per heavy atom. The number of thioether (sulfide) groups is 1. The van der Waals surface area contributed by atoms with Gasteiger partial charge in [0.05, 0.1) is 17.8 Å². The summed E-state index contributed by atoms with van der Waals surface area (Å²) in [6.07, 6.45) is 2.86. The minimum atomic E-state index is -0.162. The molecule has 1 aromatic carbocycles. The van der Waals surface area contributed by atoms with E-state index in [1.54, 1.807) is 18.9 Å². The van der Waals surface area contributed by atoms with Gasteiger partial charge in [0.15, 0.2) is 0 Å². The van der Waals surface area contributed by atoms with Gasteiger partial charge < -0.3 is 15.4 Å². The number of carbonyl (C=O) groups is 1. The molecule has 2 atom stereocenters. The highest BCUT2D eigenvalue weighted by Crippen LogP contribution is 2.25. The minimum Gasteiger partial charge on any atom is -0.380 e. The Hall–Kier alpha value is -1.04. The molecule has 1 saturated heterocycles. The van der Waals surface area contributed by atoms with Crippen LogP contribution in [0.25, 0.3) is 0 Å². The summed E-state index contributed by atoms with van der Waals surface area (Å²) < 4.78 is 5.24. The molecule has 0 saturated carbocycles. The number of anilines is 1. The second kappa shape index (κ2) is 6.22. The van der Waals surface area contributed by atoms with Crippen molar-refractivity contribution in [3.05, 3.63) is 24.3 Å². The van der Waals surface area contributed by atoms with Crippen LogP contribution in [-0.2, 0) is 9.53 Å². The van der Waals surface area contributed by atoms with Gasteiger partial charge >= 0.3 is 0 Å². The minimum absolute atomic E-state index is 0.0102. The summed E-state index contributed by atoms with van der Waals surface area (Å²) in [5, 5.41) is 6.14. The van der Waals surface area contributed by atoms with E-state index in [0.29, 0.717) is 0 Å². The molecule has 18 heavy (non-hydrogen) atoms. The third kappa shape index (κ3) is 3.04. The maximum Gasteiger partial charge on any atom is 0.241 e. The van der Waals surface area contributed by atoms with Gasteiger partial charge in [-0.1, -0.05) is 12.1 Å². The summed E-state index contributed by atoms with van der Waals surface area (Å²) >= 11 is 1.63. The first-order valence-electron chi connectivity index (χ1n) is 5.94. The molecule has 0 aromatic heterocycles. The van der Waals surface area contributed by atoms with Gasteiger partial charge in [-0.15, -0.1) is 11.8 Å². The van der Waals surface area contributed by atoms with Crippen molar-refractivity contribution in [1.29, 1.82) is 0 Å². The molecule has 1 aliphatic rings. The molecule has 98 valence electrons. The Balaban J connectivity index is 1.99. The van der Waals surface area contributed by atoms with Crippen LogP contribution in [0.3, 0.4) is 0 Å². The van der Waals surface area contributed by atoms with E-state index in [1.165, 1.54) is 0 Å². The highest BCUT2D eigenvalue weighted by molar-refractivity contribution is 7.98. The number of hydrogen-bond donors (Lipinski definition) is 2. The normalized spacial score (nSPS) is 23.0. The van der Waals surface area contributed by atoms with Gasteiger partial charge in [-0.25, -0.2) is 0 Å². The standard InChI is InChI=1S/C13H18N2O2S/c1-17-9-7-11(14-8-9)13(16)15-10-5-3-4-6-12(10)18-2/h3-6,9,11,14H,7-8H2,1-2H3,(H,15,16). The lowest BCUT2D eigenvalue weighted by molar-refractivity contribution is -0.118. The molecule has 0 spiro atoms. The van der Waals surface area contributed by atoms with Crippen LogP contribution in [0.15, 0.2) is 29.2 Å². The van der Waals surface area contributed by atoms with Gasteiger partial charge in [0, 0.05) is 18.6 Å². The molecule has 1 amide bonds. The van der Waals surface area contributed by atoms with Crippen LogP contribution in [0, 0.1) is 0 Å². The van der Waals surface area contributed by atoms with Crippen LogP contribution in [0.4, 0.5) is 5.69 Å². The van der Waals surface area contributed by atoms with E-state index in [-0.39, 0.29) is 18.1 Å². The molecule has 0 bridgehead atoms. The van der Waals surface area contributed by atoms with E-state index in [2.05, 4.69) is 10.6 Å². The molecule has 1 aliphatic heterocycles. The second-order valence-corrected chi connectivity index (χ2v) is 5.09. The number of ether oxygens (including phenoxy) is 1. The number of hydrogen-bond acceptors (Lipinski definition) is 4. The van der Waals surface area contributed by atoms with E-state index in [4.69, 9.17) is 4.74 Å². The van der Waals surface area contributed by atoms with Gasteiger partial charge in [-0.2, -0.15) is 0 Å². The Bertz CT molecular complexity index is 425. The van der Waals surface area contributed by atoms with Crippen molar-refractivity contribution in [3.63, 3.8) is 0 Å². The van der Waals surface area contributed by atoms with Crippen molar-refractivity contribution in [2.24, 2.45) is 0 Å². The van der Waals surface area contributed by atoms with E-state index < -0.39 is 0 Å². The van der Waals surface area contributed by atoms with Crippen molar-refractivity contribution < 1.29 is 9.53 Å². The maximum absolute atomic E-state index is 12.1. The Morgan fingerprint density at radius 1 is 1.50 bits per heavy atom. The fraction of sp³-hybridized carbons (Fsp3) is 0.462. The van der Waals surface area contributed by atoms with Crippen LogP contribution >= 0.6 is 11.8 Å². The first-order chi connectivity index (χ1) is 8.74. The number of benzene rings is 1. The van der Waals surface area contributed by atoms with Crippen LogP contribution in [0.2, 0.25) is 0 Å². The average Bonchev–Trinajstić information content (AvgIpc) is 2.88. The number of nitrogens with one attached hydrogen (secondary N) is 2. The van der Waals surface area contributed by atoms with Crippen LogP contribution in [0.1, 0.15) is 6.42 Å². The van der Waals surface area contributed by atoms with Crippen molar-refractivity contribution in [1.82, 2.24) is 5.32 Å². The van der Waals surface area contributed by atoms with Gasteiger partial charge in [0.1, 0.15) is 0 Å². The summed E-state index contributed by atoms with van der Waals surface area (Å²) in [7, 11) is 1.68. The SMILES string of the molecule is COC1CNC(C(=O)Nc2ccccc2SC)C1. The lowest BCUT2D eigenvalue weighted by Crippen LogP contribution is -2.35. The third-order valence-corrected chi connectivity index (χ3v) is 3.90.